The van der Waals surface area contributed by atoms with Gasteiger partial charge in [0, 0.05) is 21.9 Å². The van der Waals surface area contributed by atoms with Crippen molar-refractivity contribution in [1.82, 2.24) is 9.97 Å². The van der Waals surface area contributed by atoms with Crippen LogP contribution in [-0.2, 0) is 6.42 Å². The molecule has 0 radical (unpaired) electrons. The molecular weight excluding hydrogens is 340 g/mol. The molecule has 2 aromatic heterocycles. The number of H-pyrrole nitrogens is 1. The second-order valence-electron chi connectivity index (χ2n) is 5.48. The predicted octanol–water partition coefficient (Wildman–Crippen LogP) is 4.90. The number of benzene rings is 2. The summed E-state index contributed by atoms with van der Waals surface area (Å²) in [6.45, 7) is 0. The van der Waals surface area contributed by atoms with E-state index in [9.17, 15) is 4.79 Å². The topological polar surface area (TPSA) is 45.8 Å². The first-order valence-corrected chi connectivity index (χ1v) is 8.72. The highest BCUT2D eigenvalue weighted by atomic mass is 35.5. The van der Waals surface area contributed by atoms with E-state index >= 15 is 0 Å². The lowest BCUT2D eigenvalue weighted by molar-refractivity contribution is 0.976. The van der Waals surface area contributed by atoms with Gasteiger partial charge in [-0.25, -0.2) is 4.98 Å². The van der Waals surface area contributed by atoms with E-state index in [2.05, 4.69) is 9.97 Å². The number of fused-ring (bicyclic) bond motifs is 1. The molecule has 3 nitrogen and oxygen atoms in total. The van der Waals surface area contributed by atoms with Crippen molar-refractivity contribution < 1.29 is 0 Å². The zero-order valence-corrected chi connectivity index (χ0v) is 14.2. The van der Waals surface area contributed by atoms with Crippen LogP contribution in [0.5, 0.6) is 0 Å². The highest BCUT2D eigenvalue weighted by molar-refractivity contribution is 7.22. The molecule has 5 heteroatoms. The van der Waals surface area contributed by atoms with Crippen molar-refractivity contribution in [2.45, 2.75) is 6.42 Å². The third-order valence-corrected chi connectivity index (χ3v) is 5.27. The Labute approximate surface area is 147 Å². The first-order valence-electron chi connectivity index (χ1n) is 7.52. The molecule has 118 valence electrons. The number of hydrogen-bond acceptors (Lipinski definition) is 3. The summed E-state index contributed by atoms with van der Waals surface area (Å²) in [4.78, 5) is 20.9. The normalized spacial score (nSPS) is 11.0. The largest absolute Gasteiger partial charge is 0.309 e. The summed E-state index contributed by atoms with van der Waals surface area (Å²) in [5.41, 5.74) is 2.64. The van der Waals surface area contributed by atoms with E-state index in [1.54, 1.807) is 0 Å². The second-order valence-corrected chi connectivity index (χ2v) is 6.94. The number of halogens is 1. The van der Waals surface area contributed by atoms with Crippen molar-refractivity contribution in [3.63, 3.8) is 0 Å². The molecule has 0 amide bonds. The second kappa shape index (κ2) is 6.23. The van der Waals surface area contributed by atoms with Crippen LogP contribution in [0.2, 0.25) is 5.02 Å². The van der Waals surface area contributed by atoms with E-state index in [-0.39, 0.29) is 5.56 Å². The van der Waals surface area contributed by atoms with E-state index in [0.717, 1.165) is 16.0 Å². The van der Waals surface area contributed by atoms with E-state index in [1.165, 1.54) is 11.3 Å². The van der Waals surface area contributed by atoms with Crippen molar-refractivity contribution in [2.75, 3.05) is 0 Å². The fraction of sp³-hybridized carbons (Fsp3) is 0.0526. The Hall–Kier alpha value is -2.43. The zero-order chi connectivity index (χ0) is 16.5. The summed E-state index contributed by atoms with van der Waals surface area (Å²) >= 11 is 7.68. The molecule has 4 rings (SSSR count). The monoisotopic (exact) mass is 352 g/mol. The molecule has 0 fully saturated rings. The SMILES string of the molecule is O=c1[nH]c(Cc2ccccc2)nc2cc(-c3ccccc3Cl)sc12. The van der Waals surface area contributed by atoms with Gasteiger partial charge in [-0.1, -0.05) is 60.1 Å². The number of nitrogens with one attached hydrogen (secondary N) is 1. The van der Waals surface area contributed by atoms with Gasteiger partial charge in [-0.15, -0.1) is 11.3 Å². The van der Waals surface area contributed by atoms with Crippen LogP contribution in [0.1, 0.15) is 11.4 Å². The average Bonchev–Trinajstić information content (AvgIpc) is 3.00. The van der Waals surface area contributed by atoms with Crippen LogP contribution in [-0.4, -0.2) is 9.97 Å². The molecule has 0 unspecified atom stereocenters. The summed E-state index contributed by atoms with van der Waals surface area (Å²) in [5, 5.41) is 0.671. The molecule has 0 spiro atoms. The highest BCUT2D eigenvalue weighted by Crippen LogP contribution is 2.35. The smallest absolute Gasteiger partial charge is 0.268 e. The minimum absolute atomic E-state index is 0.103. The Morgan fingerprint density at radius 1 is 1.04 bits per heavy atom. The van der Waals surface area contributed by atoms with Crippen LogP contribution in [0.25, 0.3) is 20.7 Å². The zero-order valence-electron chi connectivity index (χ0n) is 12.6. The van der Waals surface area contributed by atoms with Crippen LogP contribution in [0.4, 0.5) is 0 Å². The lowest BCUT2D eigenvalue weighted by Crippen LogP contribution is -2.10. The number of hydrogen-bond donors (Lipinski definition) is 1. The summed E-state index contributed by atoms with van der Waals surface area (Å²) in [6.07, 6.45) is 0.600. The van der Waals surface area contributed by atoms with E-state index in [0.29, 0.717) is 27.5 Å². The van der Waals surface area contributed by atoms with Crippen molar-refractivity contribution >= 4 is 33.2 Å². The molecule has 2 aromatic carbocycles. The maximum absolute atomic E-state index is 12.4. The van der Waals surface area contributed by atoms with Crippen LogP contribution in [0, 0.1) is 0 Å². The lowest BCUT2D eigenvalue weighted by Gasteiger charge is -2.00. The number of thiophene rings is 1. The Kier molecular flexibility index (Phi) is 3.92. The van der Waals surface area contributed by atoms with Gasteiger partial charge < -0.3 is 4.98 Å². The molecule has 0 bridgehead atoms. The highest BCUT2D eigenvalue weighted by Gasteiger charge is 2.12. The van der Waals surface area contributed by atoms with Crippen LogP contribution in [0.3, 0.4) is 0 Å². The van der Waals surface area contributed by atoms with Crippen LogP contribution >= 0.6 is 22.9 Å². The van der Waals surface area contributed by atoms with E-state index < -0.39 is 0 Å². The molecule has 0 aliphatic heterocycles. The summed E-state index contributed by atoms with van der Waals surface area (Å²) in [5.74, 6) is 0.669. The van der Waals surface area contributed by atoms with Crippen LogP contribution < -0.4 is 5.56 Å². The quantitative estimate of drug-likeness (QED) is 0.570. The van der Waals surface area contributed by atoms with Crippen molar-refractivity contribution in [1.29, 1.82) is 0 Å². The van der Waals surface area contributed by atoms with Gasteiger partial charge in [-0.3, -0.25) is 4.79 Å². The molecule has 24 heavy (non-hydrogen) atoms. The maximum Gasteiger partial charge on any atom is 0.268 e. The van der Waals surface area contributed by atoms with E-state index in [1.807, 2.05) is 60.7 Å². The number of aromatic nitrogens is 2. The minimum atomic E-state index is -0.103. The molecule has 0 aliphatic carbocycles. The first kappa shape index (κ1) is 15.1. The molecule has 2 heterocycles. The summed E-state index contributed by atoms with van der Waals surface area (Å²) < 4.78 is 0.627. The molecule has 1 N–H and O–H groups in total. The van der Waals surface area contributed by atoms with Gasteiger partial charge in [0.25, 0.3) is 5.56 Å². The fourth-order valence-electron chi connectivity index (χ4n) is 2.66. The summed E-state index contributed by atoms with van der Waals surface area (Å²) in [7, 11) is 0. The molecule has 4 aromatic rings. The van der Waals surface area contributed by atoms with Crippen molar-refractivity contribution in [2.24, 2.45) is 0 Å². The molecule has 0 saturated heterocycles. The minimum Gasteiger partial charge on any atom is -0.309 e. The third-order valence-electron chi connectivity index (χ3n) is 3.79. The molecule has 0 atom stereocenters. The maximum atomic E-state index is 12.4. The third kappa shape index (κ3) is 2.86. The fourth-order valence-corrected chi connectivity index (χ4v) is 3.98. The molecular formula is C19H13ClN2OS. The molecule has 0 aliphatic rings. The average molecular weight is 353 g/mol. The van der Waals surface area contributed by atoms with E-state index in [4.69, 9.17) is 11.6 Å². The van der Waals surface area contributed by atoms with Gasteiger partial charge in [-0.2, -0.15) is 0 Å². The Morgan fingerprint density at radius 3 is 2.58 bits per heavy atom. The van der Waals surface area contributed by atoms with Gasteiger partial charge >= 0.3 is 0 Å². The van der Waals surface area contributed by atoms with Gasteiger partial charge in [0.1, 0.15) is 10.5 Å². The standard InChI is InChI=1S/C19H13ClN2OS/c20-14-9-5-4-8-13(14)16-11-15-18(24-16)19(23)22-17(21-15)10-12-6-2-1-3-7-12/h1-9,11H,10H2,(H,21,22,23). The van der Waals surface area contributed by atoms with Gasteiger partial charge in [0.15, 0.2) is 0 Å². The van der Waals surface area contributed by atoms with Crippen molar-refractivity contribution in [3.8, 4) is 10.4 Å². The summed E-state index contributed by atoms with van der Waals surface area (Å²) in [6, 6.07) is 19.5. The van der Waals surface area contributed by atoms with Crippen LogP contribution in [0.15, 0.2) is 65.5 Å². The predicted molar refractivity (Wildman–Crippen MR) is 99.9 cm³/mol. The number of rotatable bonds is 3. The molecule has 0 saturated carbocycles. The number of nitrogens with zero attached hydrogens (tertiary/aromatic N) is 1. The lowest BCUT2D eigenvalue weighted by atomic mass is 10.1. The van der Waals surface area contributed by atoms with Gasteiger partial charge in [0.05, 0.1) is 5.52 Å². The van der Waals surface area contributed by atoms with Crippen molar-refractivity contribution in [3.05, 3.63) is 87.4 Å². The first-order chi connectivity index (χ1) is 11.7. The number of aromatic amines is 1. The Balaban J connectivity index is 1.79. The van der Waals surface area contributed by atoms with Gasteiger partial charge in [0.2, 0.25) is 0 Å². The van der Waals surface area contributed by atoms with Gasteiger partial charge in [-0.05, 0) is 17.7 Å². The Morgan fingerprint density at radius 2 is 1.79 bits per heavy atom. The Bertz CT molecular complexity index is 1070.